The van der Waals surface area contributed by atoms with Crippen molar-refractivity contribution in [3.63, 3.8) is 0 Å². The Hall–Kier alpha value is -1.48. The van der Waals surface area contributed by atoms with E-state index in [-0.39, 0.29) is 6.10 Å². The molecule has 0 bridgehead atoms. The Morgan fingerprint density at radius 2 is 2.05 bits per heavy atom. The number of Topliss-reactive ketones (excluding diaryl/α,β-unsaturated/α-hetero) is 1. The predicted molar refractivity (Wildman–Crippen MR) is 79.3 cm³/mol. The first kappa shape index (κ1) is 13.5. The van der Waals surface area contributed by atoms with Gasteiger partial charge in [-0.3, -0.25) is 9.79 Å². The van der Waals surface area contributed by atoms with Crippen LogP contribution in [0.2, 0.25) is 0 Å². The lowest BCUT2D eigenvalue weighted by atomic mass is 9.82. The molecule has 2 atom stereocenters. The summed E-state index contributed by atoms with van der Waals surface area (Å²) in [7, 11) is 0. The molecule has 1 aliphatic carbocycles. The molecule has 20 heavy (non-hydrogen) atoms. The molecule has 0 radical (unpaired) electrons. The largest absolute Gasteiger partial charge is 0.376 e. The van der Waals surface area contributed by atoms with Crippen molar-refractivity contribution < 1.29 is 9.53 Å². The van der Waals surface area contributed by atoms with Gasteiger partial charge in [0.15, 0.2) is 0 Å². The van der Waals surface area contributed by atoms with Crippen molar-refractivity contribution in [1.82, 2.24) is 0 Å². The van der Waals surface area contributed by atoms with Gasteiger partial charge in [0.05, 0.1) is 12.6 Å². The highest BCUT2D eigenvalue weighted by Gasteiger charge is 2.25. The number of ether oxygens (including phenoxy) is 1. The molecule has 0 unspecified atom stereocenters. The van der Waals surface area contributed by atoms with Gasteiger partial charge in [-0.05, 0) is 30.7 Å². The number of aliphatic imine (C=N–C) groups is 1. The lowest BCUT2D eigenvalue weighted by Crippen LogP contribution is -2.23. The number of hydrogen-bond acceptors (Lipinski definition) is 3. The van der Waals surface area contributed by atoms with Gasteiger partial charge >= 0.3 is 0 Å². The van der Waals surface area contributed by atoms with Crippen LogP contribution in [0.3, 0.4) is 0 Å². The van der Waals surface area contributed by atoms with Crippen LogP contribution in [0.1, 0.15) is 43.6 Å². The van der Waals surface area contributed by atoms with Crippen LogP contribution in [0, 0.1) is 0 Å². The van der Waals surface area contributed by atoms with Crippen LogP contribution in [0.25, 0.3) is 0 Å². The van der Waals surface area contributed by atoms with E-state index in [1.54, 1.807) is 0 Å². The molecule has 0 spiro atoms. The fourth-order valence-corrected chi connectivity index (χ4v) is 3.10. The second kappa shape index (κ2) is 6.31. The summed E-state index contributed by atoms with van der Waals surface area (Å²) in [6.45, 7) is 1.59. The zero-order chi connectivity index (χ0) is 13.8. The molecular weight excluding hydrogens is 250 g/mol. The minimum absolute atomic E-state index is 0.273. The highest BCUT2D eigenvalue weighted by atomic mass is 16.5. The lowest BCUT2D eigenvalue weighted by Gasteiger charge is -2.23. The third kappa shape index (κ3) is 3.34. The molecule has 1 saturated heterocycles. The molecule has 0 aromatic heterocycles. The summed E-state index contributed by atoms with van der Waals surface area (Å²) < 4.78 is 5.59. The van der Waals surface area contributed by atoms with Gasteiger partial charge in [-0.1, -0.05) is 30.3 Å². The number of carbonyl (C=O) groups excluding carboxylic acids is 1. The maximum absolute atomic E-state index is 11.9. The standard InChI is InChI=1S/C17H21NO2/c19-16-10-14(13-5-2-1-3-6-13)9-15(11-16)18-12-17-7-4-8-20-17/h1-3,5-6,14,17H,4,7-12H2/t14-,17-/m0/s1. The van der Waals surface area contributed by atoms with Gasteiger partial charge in [-0.2, -0.15) is 0 Å². The first-order valence-corrected chi connectivity index (χ1v) is 7.51. The van der Waals surface area contributed by atoms with Crippen LogP contribution in [0.15, 0.2) is 35.3 Å². The minimum Gasteiger partial charge on any atom is -0.376 e. The van der Waals surface area contributed by atoms with Crippen LogP contribution in [0.4, 0.5) is 0 Å². The van der Waals surface area contributed by atoms with Gasteiger partial charge < -0.3 is 4.74 Å². The molecule has 1 aliphatic heterocycles. The Morgan fingerprint density at radius 1 is 1.20 bits per heavy atom. The number of rotatable bonds is 3. The van der Waals surface area contributed by atoms with Gasteiger partial charge in [0.2, 0.25) is 0 Å². The normalized spacial score (nSPS) is 29.0. The van der Waals surface area contributed by atoms with E-state index in [1.807, 2.05) is 18.2 Å². The molecule has 0 N–H and O–H groups in total. The lowest BCUT2D eigenvalue weighted by molar-refractivity contribution is -0.118. The third-order valence-corrected chi connectivity index (χ3v) is 4.17. The molecule has 0 amide bonds. The summed E-state index contributed by atoms with van der Waals surface area (Å²) in [5, 5.41) is 0. The highest BCUT2D eigenvalue weighted by molar-refractivity contribution is 6.05. The Morgan fingerprint density at radius 3 is 2.80 bits per heavy atom. The van der Waals surface area contributed by atoms with Crippen molar-refractivity contribution in [3.05, 3.63) is 35.9 Å². The Balaban J connectivity index is 1.66. The van der Waals surface area contributed by atoms with Crippen molar-refractivity contribution in [3.8, 4) is 0 Å². The molecule has 106 valence electrons. The second-order valence-corrected chi connectivity index (χ2v) is 5.77. The summed E-state index contributed by atoms with van der Waals surface area (Å²) in [6.07, 6.45) is 4.63. The zero-order valence-electron chi connectivity index (χ0n) is 11.8. The number of nitrogens with zero attached hydrogens (tertiary/aromatic N) is 1. The molecular formula is C17H21NO2. The fraction of sp³-hybridized carbons (Fsp3) is 0.529. The number of benzene rings is 1. The fourth-order valence-electron chi connectivity index (χ4n) is 3.10. The number of carbonyl (C=O) groups is 1. The Labute approximate surface area is 120 Å². The third-order valence-electron chi connectivity index (χ3n) is 4.17. The van der Waals surface area contributed by atoms with Crippen molar-refractivity contribution in [2.24, 2.45) is 4.99 Å². The van der Waals surface area contributed by atoms with Crippen LogP contribution in [-0.4, -0.2) is 30.8 Å². The molecule has 2 fully saturated rings. The Kier molecular flexibility index (Phi) is 4.26. The van der Waals surface area contributed by atoms with E-state index < -0.39 is 0 Å². The van der Waals surface area contributed by atoms with E-state index in [2.05, 4.69) is 17.1 Å². The quantitative estimate of drug-likeness (QED) is 0.847. The van der Waals surface area contributed by atoms with E-state index in [0.29, 0.717) is 24.5 Å². The molecule has 3 nitrogen and oxygen atoms in total. The Bertz CT molecular complexity index is 489. The summed E-state index contributed by atoms with van der Waals surface area (Å²) in [4.78, 5) is 16.6. The first-order valence-electron chi connectivity index (χ1n) is 7.51. The summed E-state index contributed by atoms with van der Waals surface area (Å²) in [5.74, 6) is 0.622. The highest BCUT2D eigenvalue weighted by Crippen LogP contribution is 2.29. The molecule has 3 heteroatoms. The average Bonchev–Trinajstić information content (AvgIpc) is 2.99. The van der Waals surface area contributed by atoms with Crippen LogP contribution in [0.5, 0.6) is 0 Å². The number of hydrogen-bond donors (Lipinski definition) is 0. The average molecular weight is 271 g/mol. The predicted octanol–water partition coefficient (Wildman–Crippen LogP) is 3.14. The van der Waals surface area contributed by atoms with Gasteiger partial charge in [-0.25, -0.2) is 0 Å². The molecule has 1 aromatic rings. The van der Waals surface area contributed by atoms with Crippen molar-refractivity contribution in [2.45, 2.75) is 44.1 Å². The van der Waals surface area contributed by atoms with Gasteiger partial charge in [0.25, 0.3) is 0 Å². The SMILES string of the molecule is O=C1CC(=NC[C@@H]2CCCO2)C[C@H](c2ccccc2)C1. The first-order chi connectivity index (χ1) is 9.81. The van der Waals surface area contributed by atoms with E-state index >= 15 is 0 Å². The molecule has 3 rings (SSSR count). The second-order valence-electron chi connectivity index (χ2n) is 5.77. The van der Waals surface area contributed by atoms with Crippen LogP contribution < -0.4 is 0 Å². The van der Waals surface area contributed by atoms with E-state index in [0.717, 1.165) is 38.1 Å². The molecule has 1 heterocycles. The van der Waals surface area contributed by atoms with Crippen LogP contribution in [-0.2, 0) is 9.53 Å². The maximum Gasteiger partial charge on any atom is 0.139 e. The monoisotopic (exact) mass is 271 g/mol. The number of ketones is 1. The van der Waals surface area contributed by atoms with Crippen molar-refractivity contribution >= 4 is 11.5 Å². The topological polar surface area (TPSA) is 38.7 Å². The van der Waals surface area contributed by atoms with E-state index in [4.69, 9.17) is 4.74 Å². The van der Waals surface area contributed by atoms with Gasteiger partial charge in [0.1, 0.15) is 5.78 Å². The van der Waals surface area contributed by atoms with Gasteiger partial charge in [-0.15, -0.1) is 0 Å². The summed E-state index contributed by atoms with van der Waals surface area (Å²) in [5.41, 5.74) is 2.32. The van der Waals surface area contributed by atoms with Gasteiger partial charge in [0, 0.05) is 25.2 Å². The minimum atomic E-state index is 0.273. The molecule has 2 aliphatic rings. The smallest absolute Gasteiger partial charge is 0.139 e. The molecule has 1 saturated carbocycles. The maximum atomic E-state index is 11.9. The summed E-state index contributed by atoms with van der Waals surface area (Å²) in [6, 6.07) is 10.3. The van der Waals surface area contributed by atoms with Crippen LogP contribution >= 0.6 is 0 Å². The van der Waals surface area contributed by atoms with Crippen molar-refractivity contribution in [1.29, 1.82) is 0 Å². The zero-order valence-corrected chi connectivity index (χ0v) is 11.8. The molecule has 1 aromatic carbocycles. The summed E-state index contributed by atoms with van der Waals surface area (Å²) >= 11 is 0. The van der Waals surface area contributed by atoms with E-state index in [9.17, 15) is 4.79 Å². The van der Waals surface area contributed by atoms with Crippen molar-refractivity contribution in [2.75, 3.05) is 13.2 Å². The van der Waals surface area contributed by atoms with E-state index in [1.165, 1.54) is 5.56 Å².